The van der Waals surface area contributed by atoms with Crippen LogP contribution in [-0.4, -0.2) is 20.0 Å². The maximum absolute atomic E-state index is 12.1. The van der Waals surface area contributed by atoms with Gasteiger partial charge in [0, 0.05) is 12.1 Å². The minimum absolute atomic E-state index is 0.135. The molecule has 0 radical (unpaired) electrons. The van der Waals surface area contributed by atoms with Gasteiger partial charge in [-0.2, -0.15) is 0 Å². The maximum Gasteiger partial charge on any atom is 0.240 e. The van der Waals surface area contributed by atoms with Crippen molar-refractivity contribution in [1.82, 2.24) is 4.72 Å². The summed E-state index contributed by atoms with van der Waals surface area (Å²) in [5.74, 6) is 0.665. The Morgan fingerprint density at radius 3 is 2.65 bits per heavy atom. The standard InChI is InChI=1S/C13H17ClN2O2S2/c14-12-8-10(4-5-11(12)13(15)19)20(17,18)16-7-6-9-2-1-3-9/h4-5,8-9,16H,1-3,6-7H2,(H2,15,19). The van der Waals surface area contributed by atoms with Gasteiger partial charge in [-0.05, 0) is 30.5 Å². The zero-order valence-electron chi connectivity index (χ0n) is 10.9. The van der Waals surface area contributed by atoms with Gasteiger partial charge >= 0.3 is 0 Å². The van der Waals surface area contributed by atoms with Gasteiger partial charge < -0.3 is 5.73 Å². The van der Waals surface area contributed by atoms with Crippen LogP contribution in [0.5, 0.6) is 0 Å². The van der Waals surface area contributed by atoms with E-state index in [1.165, 1.54) is 37.5 Å². The first-order chi connectivity index (χ1) is 9.40. The molecule has 2 rings (SSSR count). The average molecular weight is 333 g/mol. The fourth-order valence-electron chi connectivity index (χ4n) is 2.13. The van der Waals surface area contributed by atoms with Crippen molar-refractivity contribution < 1.29 is 8.42 Å². The number of sulfonamides is 1. The third-order valence-corrected chi connectivity index (χ3v) is 5.58. The van der Waals surface area contributed by atoms with Crippen molar-refractivity contribution in [3.63, 3.8) is 0 Å². The topological polar surface area (TPSA) is 72.2 Å². The summed E-state index contributed by atoms with van der Waals surface area (Å²) >= 11 is 10.8. The first kappa shape index (κ1) is 15.7. The van der Waals surface area contributed by atoms with Gasteiger partial charge in [0.1, 0.15) is 4.99 Å². The number of rotatable bonds is 6. The molecule has 1 fully saturated rings. The monoisotopic (exact) mass is 332 g/mol. The lowest BCUT2D eigenvalue weighted by molar-refractivity contribution is 0.297. The van der Waals surface area contributed by atoms with E-state index in [0.29, 0.717) is 18.0 Å². The van der Waals surface area contributed by atoms with E-state index in [2.05, 4.69) is 4.72 Å². The zero-order valence-corrected chi connectivity index (χ0v) is 13.3. The van der Waals surface area contributed by atoms with Gasteiger partial charge in [-0.1, -0.05) is 43.1 Å². The molecule has 0 atom stereocenters. The average Bonchev–Trinajstić information content (AvgIpc) is 2.31. The summed E-state index contributed by atoms with van der Waals surface area (Å²) in [6.45, 7) is 0.460. The van der Waals surface area contributed by atoms with E-state index in [9.17, 15) is 8.42 Å². The molecular weight excluding hydrogens is 316 g/mol. The van der Waals surface area contributed by atoms with Gasteiger partial charge in [0.15, 0.2) is 0 Å². The second-order valence-corrected chi connectivity index (χ2v) is 7.60. The number of nitrogens with two attached hydrogens (primary N) is 1. The largest absolute Gasteiger partial charge is 0.389 e. The SMILES string of the molecule is NC(=S)c1ccc(S(=O)(=O)NCCC2CCC2)cc1Cl. The summed E-state index contributed by atoms with van der Waals surface area (Å²) in [5, 5.41) is 0.249. The van der Waals surface area contributed by atoms with Crippen molar-refractivity contribution in [2.24, 2.45) is 11.7 Å². The van der Waals surface area contributed by atoms with Gasteiger partial charge in [0.2, 0.25) is 10.0 Å². The second-order valence-electron chi connectivity index (χ2n) is 4.99. The van der Waals surface area contributed by atoms with Gasteiger partial charge in [-0.15, -0.1) is 0 Å². The van der Waals surface area contributed by atoms with Crippen molar-refractivity contribution in [2.75, 3.05) is 6.54 Å². The molecule has 0 aromatic heterocycles. The highest BCUT2D eigenvalue weighted by Gasteiger charge is 2.20. The predicted molar refractivity (Wildman–Crippen MR) is 84.5 cm³/mol. The summed E-state index contributed by atoms with van der Waals surface area (Å²) in [5.41, 5.74) is 5.97. The lowest BCUT2D eigenvalue weighted by Gasteiger charge is -2.25. The first-order valence-corrected chi connectivity index (χ1v) is 8.76. The molecule has 0 bridgehead atoms. The lowest BCUT2D eigenvalue weighted by atomic mass is 9.83. The third-order valence-electron chi connectivity index (χ3n) is 3.59. The molecule has 20 heavy (non-hydrogen) atoms. The van der Waals surface area contributed by atoms with Crippen LogP contribution in [-0.2, 0) is 10.0 Å². The van der Waals surface area contributed by atoms with Gasteiger partial charge in [-0.25, -0.2) is 13.1 Å². The number of halogens is 1. The van der Waals surface area contributed by atoms with Crippen molar-refractivity contribution >= 4 is 38.8 Å². The Balaban J connectivity index is 2.04. The van der Waals surface area contributed by atoms with Crippen molar-refractivity contribution in [3.8, 4) is 0 Å². The molecular formula is C13H17ClN2O2S2. The molecule has 1 aliphatic carbocycles. The minimum Gasteiger partial charge on any atom is -0.389 e. The predicted octanol–water partition coefficient (Wildman–Crippen LogP) is 2.44. The molecule has 1 aromatic carbocycles. The Bertz CT molecular complexity index is 613. The number of nitrogens with one attached hydrogen (secondary N) is 1. The van der Waals surface area contributed by atoms with Crippen LogP contribution >= 0.6 is 23.8 Å². The number of hydrogen-bond donors (Lipinski definition) is 2. The van der Waals surface area contributed by atoms with E-state index < -0.39 is 10.0 Å². The van der Waals surface area contributed by atoms with Crippen LogP contribution in [0.15, 0.2) is 23.1 Å². The Morgan fingerprint density at radius 2 is 2.15 bits per heavy atom. The molecule has 0 heterocycles. The van der Waals surface area contributed by atoms with Crippen molar-refractivity contribution in [2.45, 2.75) is 30.6 Å². The summed E-state index contributed by atoms with van der Waals surface area (Å²) in [4.78, 5) is 0.285. The Kier molecular flexibility index (Phi) is 5.01. The van der Waals surface area contributed by atoms with Gasteiger partial charge in [0.25, 0.3) is 0 Å². The van der Waals surface area contributed by atoms with Gasteiger partial charge in [-0.3, -0.25) is 0 Å². The van der Waals surface area contributed by atoms with E-state index in [1.807, 2.05) is 0 Å². The summed E-state index contributed by atoms with van der Waals surface area (Å²) in [6, 6.07) is 4.37. The van der Waals surface area contributed by atoms with E-state index in [0.717, 1.165) is 6.42 Å². The molecule has 4 nitrogen and oxygen atoms in total. The molecule has 1 aromatic rings. The molecule has 1 aliphatic rings. The highest BCUT2D eigenvalue weighted by Crippen LogP contribution is 2.29. The minimum atomic E-state index is -3.52. The van der Waals surface area contributed by atoms with E-state index in [1.54, 1.807) is 0 Å². The first-order valence-electron chi connectivity index (χ1n) is 6.49. The number of benzene rings is 1. The lowest BCUT2D eigenvalue weighted by Crippen LogP contribution is -2.27. The van der Waals surface area contributed by atoms with Gasteiger partial charge in [0.05, 0.1) is 9.92 Å². The van der Waals surface area contributed by atoms with Crippen LogP contribution in [0.2, 0.25) is 5.02 Å². The molecule has 0 spiro atoms. The third kappa shape index (κ3) is 3.69. The second kappa shape index (κ2) is 6.39. The fraction of sp³-hybridized carbons (Fsp3) is 0.462. The molecule has 7 heteroatoms. The zero-order chi connectivity index (χ0) is 14.8. The Hall–Kier alpha value is -0.690. The molecule has 110 valence electrons. The van der Waals surface area contributed by atoms with E-state index >= 15 is 0 Å². The van der Waals surface area contributed by atoms with Crippen molar-refractivity contribution in [3.05, 3.63) is 28.8 Å². The number of thiocarbonyl (C=S) groups is 1. The molecule has 1 saturated carbocycles. The van der Waals surface area contributed by atoms with Crippen LogP contribution in [0.3, 0.4) is 0 Å². The smallest absolute Gasteiger partial charge is 0.240 e. The van der Waals surface area contributed by atoms with Crippen LogP contribution in [0.25, 0.3) is 0 Å². The molecule has 0 saturated heterocycles. The van der Waals surface area contributed by atoms with E-state index in [-0.39, 0.29) is 14.9 Å². The van der Waals surface area contributed by atoms with Crippen LogP contribution in [0, 0.1) is 5.92 Å². The Morgan fingerprint density at radius 1 is 1.45 bits per heavy atom. The highest BCUT2D eigenvalue weighted by atomic mass is 35.5. The van der Waals surface area contributed by atoms with Crippen molar-refractivity contribution in [1.29, 1.82) is 0 Å². The molecule has 0 aliphatic heterocycles. The fourth-order valence-corrected chi connectivity index (χ4v) is 3.78. The molecule has 3 N–H and O–H groups in total. The van der Waals surface area contributed by atoms with Crippen LogP contribution in [0.1, 0.15) is 31.2 Å². The maximum atomic E-state index is 12.1. The summed E-state index contributed by atoms with van der Waals surface area (Å²) in [7, 11) is -3.52. The highest BCUT2D eigenvalue weighted by molar-refractivity contribution is 7.89. The quantitative estimate of drug-likeness (QED) is 0.785. The Labute approximate surface area is 129 Å². The summed E-state index contributed by atoms with van der Waals surface area (Å²) in [6.07, 6.45) is 4.55. The van der Waals surface area contributed by atoms with E-state index in [4.69, 9.17) is 29.6 Å². The molecule has 0 amide bonds. The molecule has 0 unspecified atom stereocenters. The normalized spacial score (nSPS) is 15.8. The summed E-state index contributed by atoms with van der Waals surface area (Å²) < 4.78 is 26.8. The number of hydrogen-bond acceptors (Lipinski definition) is 3. The van der Waals surface area contributed by atoms with Crippen LogP contribution < -0.4 is 10.5 Å². The van der Waals surface area contributed by atoms with Crippen LogP contribution in [0.4, 0.5) is 0 Å².